The summed E-state index contributed by atoms with van der Waals surface area (Å²) in [6.45, 7) is 3.43. The van der Waals surface area contributed by atoms with Gasteiger partial charge in [0.2, 0.25) is 0 Å². The number of alkyl halides is 3. The Morgan fingerprint density at radius 1 is 0.972 bits per heavy atom. The molecule has 0 radical (unpaired) electrons. The Hall–Kier alpha value is -3.03. The van der Waals surface area contributed by atoms with Crippen molar-refractivity contribution in [1.82, 2.24) is 9.80 Å². The van der Waals surface area contributed by atoms with Crippen molar-refractivity contribution in [1.29, 1.82) is 0 Å². The summed E-state index contributed by atoms with van der Waals surface area (Å²) in [5.74, 6) is -0.230. The molecule has 0 spiro atoms. The maximum absolute atomic E-state index is 13.8. The average molecular weight is 503 g/mol. The number of amides is 2. The number of nitrogens with zero attached hydrogens (tertiary/aromatic N) is 2. The average Bonchev–Trinajstić information content (AvgIpc) is 2.87. The Labute approximate surface area is 210 Å². The van der Waals surface area contributed by atoms with Crippen LogP contribution in [0.3, 0.4) is 0 Å². The standard InChI is InChI=1S/C28H33F3N2O3/c1-2-17-32-18-9-10-19-33(27(35)20-11-3-5-13-22(20)28(29,30)31)23-14-6-8-16-25(23)36-24-15-7-4-12-21(24)26(32)34/h3-5,7,11-13,15,23,25H,2,6,8-10,14,16-19H2,1H3/t23-,25+/m1/s1. The summed E-state index contributed by atoms with van der Waals surface area (Å²) >= 11 is 0. The van der Waals surface area contributed by atoms with Crippen molar-refractivity contribution >= 4 is 11.8 Å². The molecule has 8 heteroatoms. The molecular weight excluding hydrogens is 469 g/mol. The molecule has 2 aliphatic rings. The number of carbonyl (C=O) groups excluding carboxylic acids is 2. The van der Waals surface area contributed by atoms with Crippen LogP contribution in [0.25, 0.3) is 0 Å². The van der Waals surface area contributed by atoms with Gasteiger partial charge in [-0.2, -0.15) is 13.2 Å². The number of benzene rings is 2. The van der Waals surface area contributed by atoms with Crippen molar-refractivity contribution < 1.29 is 27.5 Å². The van der Waals surface area contributed by atoms with Crippen molar-refractivity contribution in [2.24, 2.45) is 0 Å². The first-order valence-electron chi connectivity index (χ1n) is 12.8. The zero-order chi connectivity index (χ0) is 25.7. The molecule has 36 heavy (non-hydrogen) atoms. The fraction of sp³-hybridized carbons (Fsp3) is 0.500. The minimum Gasteiger partial charge on any atom is -0.487 e. The highest BCUT2D eigenvalue weighted by molar-refractivity contribution is 5.97. The number of fused-ring (bicyclic) bond motifs is 2. The van der Waals surface area contributed by atoms with Crippen LogP contribution < -0.4 is 4.74 Å². The van der Waals surface area contributed by atoms with Crippen LogP contribution in [-0.2, 0) is 6.18 Å². The van der Waals surface area contributed by atoms with Gasteiger partial charge in [-0.05, 0) is 62.8 Å². The van der Waals surface area contributed by atoms with Crippen LogP contribution in [0.5, 0.6) is 5.75 Å². The van der Waals surface area contributed by atoms with Crippen LogP contribution in [0.1, 0.15) is 78.1 Å². The van der Waals surface area contributed by atoms with E-state index in [4.69, 9.17) is 4.74 Å². The van der Waals surface area contributed by atoms with E-state index in [0.29, 0.717) is 56.6 Å². The number of carbonyl (C=O) groups is 2. The molecular formula is C28H33F3N2O3. The van der Waals surface area contributed by atoms with Crippen LogP contribution >= 0.6 is 0 Å². The molecule has 0 bridgehead atoms. The second kappa shape index (κ2) is 11.4. The van der Waals surface area contributed by atoms with Gasteiger partial charge in [-0.15, -0.1) is 0 Å². The highest BCUT2D eigenvalue weighted by Crippen LogP contribution is 2.35. The zero-order valence-corrected chi connectivity index (χ0v) is 20.6. The molecule has 0 aromatic heterocycles. The van der Waals surface area contributed by atoms with Crippen molar-refractivity contribution in [3.05, 3.63) is 65.2 Å². The first-order chi connectivity index (χ1) is 17.3. The molecule has 1 aliphatic heterocycles. The second-order valence-electron chi connectivity index (χ2n) is 9.55. The van der Waals surface area contributed by atoms with Gasteiger partial charge in [0.1, 0.15) is 11.9 Å². The largest absolute Gasteiger partial charge is 0.487 e. The lowest BCUT2D eigenvalue weighted by atomic mass is 9.90. The van der Waals surface area contributed by atoms with Crippen LogP contribution in [0.4, 0.5) is 13.2 Å². The molecule has 0 N–H and O–H groups in total. The maximum atomic E-state index is 13.8. The van der Waals surface area contributed by atoms with Gasteiger partial charge in [0.15, 0.2) is 0 Å². The van der Waals surface area contributed by atoms with Gasteiger partial charge in [-0.25, -0.2) is 0 Å². The van der Waals surface area contributed by atoms with Gasteiger partial charge >= 0.3 is 6.18 Å². The van der Waals surface area contributed by atoms with Gasteiger partial charge in [0.25, 0.3) is 11.8 Å². The summed E-state index contributed by atoms with van der Waals surface area (Å²) in [6.07, 6.45) is 0.0580. The molecule has 5 nitrogen and oxygen atoms in total. The number of halogens is 3. The SMILES string of the molecule is CCCN1CCCCN(C(=O)c2ccccc2C(F)(F)F)[C@@H]2CCCC[C@@H]2Oc2ccccc2C1=O. The molecule has 1 saturated carbocycles. The van der Waals surface area contributed by atoms with Crippen molar-refractivity contribution in [3.8, 4) is 5.75 Å². The molecule has 2 aromatic carbocycles. The summed E-state index contributed by atoms with van der Waals surface area (Å²) in [5, 5.41) is 0. The van der Waals surface area contributed by atoms with Crippen LogP contribution in [0.2, 0.25) is 0 Å². The van der Waals surface area contributed by atoms with Crippen LogP contribution in [0.15, 0.2) is 48.5 Å². The Kier molecular flexibility index (Phi) is 8.21. The predicted molar refractivity (Wildman–Crippen MR) is 131 cm³/mol. The molecule has 4 rings (SSSR count). The first-order valence-corrected chi connectivity index (χ1v) is 12.8. The number of ether oxygens (including phenoxy) is 1. The Bertz CT molecular complexity index is 1070. The lowest BCUT2D eigenvalue weighted by Crippen LogP contribution is -2.51. The zero-order valence-electron chi connectivity index (χ0n) is 20.6. The van der Waals surface area contributed by atoms with Gasteiger partial charge in [-0.3, -0.25) is 9.59 Å². The maximum Gasteiger partial charge on any atom is 0.417 e. The van der Waals surface area contributed by atoms with E-state index in [0.717, 1.165) is 25.3 Å². The fourth-order valence-electron chi connectivity index (χ4n) is 5.31. The molecule has 0 unspecified atom stereocenters. The number of para-hydroxylation sites is 1. The van der Waals surface area contributed by atoms with Gasteiger partial charge < -0.3 is 14.5 Å². The first kappa shape index (κ1) is 26.0. The molecule has 2 atom stereocenters. The van der Waals surface area contributed by atoms with Crippen molar-refractivity contribution in [3.63, 3.8) is 0 Å². The lowest BCUT2D eigenvalue weighted by molar-refractivity contribution is -0.138. The summed E-state index contributed by atoms with van der Waals surface area (Å²) in [4.78, 5) is 30.5. The van der Waals surface area contributed by atoms with Crippen molar-refractivity contribution in [2.45, 2.75) is 70.2 Å². The molecule has 1 aliphatic carbocycles. The van der Waals surface area contributed by atoms with E-state index in [1.54, 1.807) is 28.0 Å². The van der Waals surface area contributed by atoms with Gasteiger partial charge in [-0.1, -0.05) is 37.6 Å². The smallest absolute Gasteiger partial charge is 0.417 e. The number of hydrogen-bond acceptors (Lipinski definition) is 3. The second-order valence-corrected chi connectivity index (χ2v) is 9.55. The highest BCUT2D eigenvalue weighted by Gasteiger charge is 2.40. The third-order valence-electron chi connectivity index (χ3n) is 7.05. The summed E-state index contributed by atoms with van der Waals surface area (Å²) in [6, 6.07) is 11.8. The van der Waals surface area contributed by atoms with Crippen LogP contribution in [0, 0.1) is 0 Å². The van der Waals surface area contributed by atoms with E-state index in [1.807, 2.05) is 13.0 Å². The monoisotopic (exact) mass is 502 g/mol. The predicted octanol–water partition coefficient (Wildman–Crippen LogP) is 6.18. The topological polar surface area (TPSA) is 49.9 Å². The molecule has 194 valence electrons. The third-order valence-corrected chi connectivity index (χ3v) is 7.05. The van der Waals surface area contributed by atoms with E-state index in [2.05, 4.69) is 0 Å². The molecule has 2 amide bonds. The van der Waals surface area contributed by atoms with E-state index >= 15 is 0 Å². The van der Waals surface area contributed by atoms with Gasteiger partial charge in [0.05, 0.1) is 22.7 Å². The minimum absolute atomic E-state index is 0.0765. The molecule has 0 saturated heterocycles. The van der Waals surface area contributed by atoms with E-state index in [-0.39, 0.29) is 17.5 Å². The van der Waals surface area contributed by atoms with Gasteiger partial charge in [0, 0.05) is 19.6 Å². The Morgan fingerprint density at radius 2 is 1.67 bits per heavy atom. The molecule has 2 aromatic rings. The number of hydrogen-bond donors (Lipinski definition) is 0. The summed E-state index contributed by atoms with van der Waals surface area (Å²) < 4.78 is 47.7. The quantitative estimate of drug-likeness (QED) is 0.503. The minimum atomic E-state index is -4.62. The summed E-state index contributed by atoms with van der Waals surface area (Å²) in [5.41, 5.74) is -0.764. The van der Waals surface area contributed by atoms with Crippen LogP contribution in [-0.4, -0.2) is 53.4 Å². The van der Waals surface area contributed by atoms with Crippen molar-refractivity contribution in [2.75, 3.05) is 19.6 Å². The highest BCUT2D eigenvalue weighted by atomic mass is 19.4. The molecule has 1 heterocycles. The lowest BCUT2D eigenvalue weighted by Gasteiger charge is -2.41. The van der Waals surface area contributed by atoms with E-state index in [1.165, 1.54) is 18.2 Å². The summed E-state index contributed by atoms with van der Waals surface area (Å²) in [7, 11) is 0. The Morgan fingerprint density at radius 3 is 2.44 bits per heavy atom. The fourth-order valence-corrected chi connectivity index (χ4v) is 5.31. The number of rotatable bonds is 3. The Balaban J connectivity index is 1.73. The third kappa shape index (κ3) is 5.68. The molecule has 1 fully saturated rings. The van der Waals surface area contributed by atoms with E-state index in [9.17, 15) is 22.8 Å². The normalized spacial score (nSPS) is 21.5. The van der Waals surface area contributed by atoms with E-state index < -0.39 is 23.8 Å².